The van der Waals surface area contributed by atoms with Gasteiger partial charge in [-0.05, 0) is 38.2 Å². The molecule has 2 unspecified atom stereocenters. The standard InChI is InChI=1S/C17H23N5O2/c1-11-8-18-21(9-11)14-6-12-4-5-13(7-14)22(12)17(23)15-10-20(2)19-16(15)24-3/h8-10,12-14H,4-7H2,1-3H3. The smallest absolute Gasteiger partial charge is 0.261 e. The summed E-state index contributed by atoms with van der Waals surface area (Å²) in [5, 5.41) is 8.69. The van der Waals surface area contributed by atoms with E-state index >= 15 is 0 Å². The number of aromatic nitrogens is 4. The number of hydrogen-bond donors (Lipinski definition) is 0. The molecule has 2 aliphatic rings. The summed E-state index contributed by atoms with van der Waals surface area (Å²) in [7, 11) is 3.36. The molecule has 7 heteroatoms. The van der Waals surface area contributed by atoms with Crippen LogP contribution in [-0.2, 0) is 7.05 Å². The van der Waals surface area contributed by atoms with Gasteiger partial charge in [0, 0.05) is 31.5 Å². The second-order valence-electron chi connectivity index (χ2n) is 6.95. The fraction of sp³-hybridized carbons (Fsp3) is 0.588. The minimum Gasteiger partial charge on any atom is -0.479 e. The molecule has 0 radical (unpaired) electrons. The summed E-state index contributed by atoms with van der Waals surface area (Å²) in [6, 6.07) is 0.933. The number of piperidine rings is 1. The minimum atomic E-state index is 0.0440. The summed E-state index contributed by atoms with van der Waals surface area (Å²) in [6.07, 6.45) is 9.82. The Morgan fingerprint density at radius 3 is 2.50 bits per heavy atom. The molecule has 24 heavy (non-hydrogen) atoms. The average molecular weight is 329 g/mol. The third-order valence-corrected chi connectivity index (χ3v) is 5.27. The van der Waals surface area contributed by atoms with Gasteiger partial charge in [-0.25, -0.2) is 0 Å². The van der Waals surface area contributed by atoms with Gasteiger partial charge in [0.25, 0.3) is 5.91 Å². The van der Waals surface area contributed by atoms with Gasteiger partial charge in [0.2, 0.25) is 5.88 Å². The predicted molar refractivity (Wildman–Crippen MR) is 88.0 cm³/mol. The van der Waals surface area contributed by atoms with Crippen molar-refractivity contribution in [3.05, 3.63) is 29.7 Å². The Hall–Kier alpha value is -2.31. The molecule has 2 fully saturated rings. The lowest BCUT2D eigenvalue weighted by Gasteiger charge is -2.38. The Morgan fingerprint density at radius 1 is 1.21 bits per heavy atom. The van der Waals surface area contributed by atoms with Crippen LogP contribution in [0.5, 0.6) is 5.88 Å². The molecule has 2 bridgehead atoms. The third-order valence-electron chi connectivity index (χ3n) is 5.27. The maximum absolute atomic E-state index is 13.1. The average Bonchev–Trinajstić information content (AvgIpc) is 3.23. The van der Waals surface area contributed by atoms with Crippen LogP contribution in [0.3, 0.4) is 0 Å². The van der Waals surface area contributed by atoms with Crippen molar-refractivity contribution in [1.82, 2.24) is 24.5 Å². The molecule has 4 heterocycles. The van der Waals surface area contributed by atoms with E-state index in [0.717, 1.165) is 25.7 Å². The van der Waals surface area contributed by atoms with Gasteiger partial charge in [0.1, 0.15) is 5.56 Å². The SMILES string of the molecule is COc1nn(C)cc1C(=O)N1C2CCC1CC(n1cc(C)cn1)C2. The Labute approximate surface area is 141 Å². The van der Waals surface area contributed by atoms with Crippen LogP contribution in [0.25, 0.3) is 0 Å². The highest BCUT2D eigenvalue weighted by Gasteiger charge is 2.45. The molecule has 7 nitrogen and oxygen atoms in total. The summed E-state index contributed by atoms with van der Waals surface area (Å²) >= 11 is 0. The highest BCUT2D eigenvalue weighted by molar-refractivity contribution is 5.97. The summed E-state index contributed by atoms with van der Waals surface area (Å²) in [5.74, 6) is 0.453. The topological polar surface area (TPSA) is 65.2 Å². The summed E-state index contributed by atoms with van der Waals surface area (Å²) in [6.45, 7) is 2.06. The fourth-order valence-electron chi connectivity index (χ4n) is 4.23. The van der Waals surface area contributed by atoms with E-state index in [4.69, 9.17) is 4.74 Å². The fourth-order valence-corrected chi connectivity index (χ4v) is 4.23. The van der Waals surface area contributed by atoms with Gasteiger partial charge in [-0.1, -0.05) is 0 Å². The molecule has 1 amide bonds. The highest BCUT2D eigenvalue weighted by Crippen LogP contribution is 2.41. The molecule has 4 rings (SSSR count). The van der Waals surface area contributed by atoms with Crippen LogP contribution >= 0.6 is 0 Å². The quantitative estimate of drug-likeness (QED) is 0.863. The first-order chi connectivity index (χ1) is 11.6. The van der Waals surface area contributed by atoms with Crippen molar-refractivity contribution in [2.75, 3.05) is 7.11 Å². The van der Waals surface area contributed by atoms with Crippen LogP contribution in [0.1, 0.15) is 47.6 Å². The second kappa shape index (κ2) is 5.65. The maximum atomic E-state index is 13.1. The number of hydrogen-bond acceptors (Lipinski definition) is 4. The van der Waals surface area contributed by atoms with E-state index in [1.165, 1.54) is 5.56 Å². The zero-order chi connectivity index (χ0) is 16.8. The van der Waals surface area contributed by atoms with E-state index < -0.39 is 0 Å². The van der Waals surface area contributed by atoms with Crippen LogP contribution in [0.15, 0.2) is 18.6 Å². The minimum absolute atomic E-state index is 0.0440. The number of methoxy groups -OCH3 is 1. The molecule has 0 aliphatic carbocycles. The van der Waals surface area contributed by atoms with E-state index in [1.807, 2.05) is 6.20 Å². The lowest BCUT2D eigenvalue weighted by molar-refractivity contribution is 0.0521. The molecule has 2 saturated heterocycles. The molecule has 2 aliphatic heterocycles. The highest BCUT2D eigenvalue weighted by atomic mass is 16.5. The van der Waals surface area contributed by atoms with E-state index in [1.54, 1.807) is 25.0 Å². The molecule has 2 aromatic heterocycles. The van der Waals surface area contributed by atoms with Gasteiger partial charge in [-0.3, -0.25) is 14.2 Å². The normalized spacial score (nSPS) is 26.0. The largest absolute Gasteiger partial charge is 0.479 e. The van der Waals surface area contributed by atoms with Crippen molar-refractivity contribution in [3.8, 4) is 5.88 Å². The van der Waals surface area contributed by atoms with Gasteiger partial charge in [0.05, 0.1) is 19.3 Å². The van der Waals surface area contributed by atoms with Crippen molar-refractivity contribution < 1.29 is 9.53 Å². The molecule has 128 valence electrons. The van der Waals surface area contributed by atoms with Gasteiger partial charge in [0.15, 0.2) is 0 Å². The molecule has 2 aromatic rings. The van der Waals surface area contributed by atoms with Crippen LogP contribution in [-0.4, -0.2) is 49.6 Å². The van der Waals surface area contributed by atoms with Gasteiger partial charge < -0.3 is 9.64 Å². The molecular weight excluding hydrogens is 306 g/mol. The van der Waals surface area contributed by atoms with Crippen molar-refractivity contribution in [2.45, 2.75) is 50.7 Å². The number of fused-ring (bicyclic) bond motifs is 2. The van der Waals surface area contributed by atoms with Crippen LogP contribution in [0, 0.1) is 6.92 Å². The number of nitrogens with zero attached hydrogens (tertiary/aromatic N) is 5. The second-order valence-corrected chi connectivity index (χ2v) is 6.95. The van der Waals surface area contributed by atoms with Crippen molar-refractivity contribution in [2.24, 2.45) is 7.05 Å². The van der Waals surface area contributed by atoms with Gasteiger partial charge in [-0.15, -0.1) is 5.10 Å². The van der Waals surface area contributed by atoms with E-state index in [0.29, 0.717) is 17.5 Å². The number of aryl methyl sites for hydroxylation is 2. The van der Waals surface area contributed by atoms with Gasteiger partial charge >= 0.3 is 0 Å². The molecule has 2 atom stereocenters. The molecule has 0 spiro atoms. The number of carbonyl (C=O) groups excluding carboxylic acids is 1. The lowest BCUT2D eigenvalue weighted by atomic mass is 9.96. The Morgan fingerprint density at radius 2 is 1.92 bits per heavy atom. The third kappa shape index (κ3) is 2.39. The Bertz CT molecular complexity index is 751. The van der Waals surface area contributed by atoms with E-state index in [9.17, 15) is 4.79 Å². The lowest BCUT2D eigenvalue weighted by Crippen LogP contribution is -2.47. The van der Waals surface area contributed by atoms with Crippen molar-refractivity contribution >= 4 is 5.91 Å². The zero-order valence-electron chi connectivity index (χ0n) is 14.3. The number of ether oxygens (including phenoxy) is 1. The Kier molecular flexibility index (Phi) is 3.58. The summed E-state index contributed by atoms with van der Waals surface area (Å²) in [4.78, 5) is 15.1. The zero-order valence-corrected chi connectivity index (χ0v) is 14.3. The van der Waals surface area contributed by atoms with Crippen LogP contribution in [0.2, 0.25) is 0 Å². The van der Waals surface area contributed by atoms with Gasteiger partial charge in [-0.2, -0.15) is 5.10 Å². The first-order valence-electron chi connectivity index (χ1n) is 8.48. The van der Waals surface area contributed by atoms with Crippen LogP contribution in [0.4, 0.5) is 0 Å². The number of carbonyl (C=O) groups is 1. The summed E-state index contributed by atoms with van der Waals surface area (Å²) in [5.41, 5.74) is 1.74. The molecular formula is C17H23N5O2. The Balaban J connectivity index is 1.57. The number of amides is 1. The summed E-state index contributed by atoms with van der Waals surface area (Å²) < 4.78 is 8.98. The predicted octanol–water partition coefficient (Wildman–Crippen LogP) is 1.94. The number of rotatable bonds is 3. The molecule has 0 N–H and O–H groups in total. The van der Waals surface area contributed by atoms with Crippen molar-refractivity contribution in [1.29, 1.82) is 0 Å². The maximum Gasteiger partial charge on any atom is 0.261 e. The van der Waals surface area contributed by atoms with Crippen LogP contribution < -0.4 is 4.74 Å². The van der Waals surface area contributed by atoms with E-state index in [-0.39, 0.29) is 18.0 Å². The van der Waals surface area contributed by atoms with E-state index in [2.05, 4.69) is 32.9 Å². The van der Waals surface area contributed by atoms with Crippen molar-refractivity contribution in [3.63, 3.8) is 0 Å². The monoisotopic (exact) mass is 329 g/mol. The first kappa shape index (κ1) is 15.2. The first-order valence-corrected chi connectivity index (χ1v) is 8.48. The molecule has 0 aromatic carbocycles. The molecule has 0 saturated carbocycles.